The Bertz CT molecular complexity index is 744. The van der Waals surface area contributed by atoms with E-state index in [1.165, 1.54) is 0 Å². The number of nitrogen functional groups attached to an aromatic ring is 1. The average molecular weight is 307 g/mol. The first kappa shape index (κ1) is 11.3. The zero-order valence-electron chi connectivity index (χ0n) is 9.94. The highest BCUT2D eigenvalue weighted by molar-refractivity contribution is 9.10. The maximum Gasteiger partial charge on any atom is 0.201 e. The van der Waals surface area contributed by atoms with Crippen molar-refractivity contribution in [3.63, 3.8) is 0 Å². The van der Waals surface area contributed by atoms with Gasteiger partial charge in [0.25, 0.3) is 0 Å². The minimum Gasteiger partial charge on any atom is -0.441 e. The molecule has 2 aromatic heterocycles. The van der Waals surface area contributed by atoms with Crippen molar-refractivity contribution in [1.29, 1.82) is 0 Å². The van der Waals surface area contributed by atoms with E-state index in [1.807, 2.05) is 36.7 Å². The summed E-state index contributed by atoms with van der Waals surface area (Å²) in [5.41, 5.74) is 9.31. The van der Waals surface area contributed by atoms with E-state index in [9.17, 15) is 0 Å². The summed E-state index contributed by atoms with van der Waals surface area (Å²) in [5.74, 6) is 1.12. The number of rotatable bonds is 1. The molecule has 0 saturated carbocycles. The lowest BCUT2D eigenvalue weighted by Crippen LogP contribution is -1.98. The monoisotopic (exact) mass is 306 g/mol. The molecule has 1 aromatic carbocycles. The van der Waals surface area contributed by atoms with Gasteiger partial charge in [0.2, 0.25) is 5.95 Å². The van der Waals surface area contributed by atoms with Crippen molar-refractivity contribution < 1.29 is 4.42 Å². The summed E-state index contributed by atoms with van der Waals surface area (Å²) in [7, 11) is 1.88. The van der Waals surface area contributed by atoms with Crippen molar-refractivity contribution in [1.82, 2.24) is 14.5 Å². The summed E-state index contributed by atoms with van der Waals surface area (Å²) in [5, 5.41) is 0. The van der Waals surface area contributed by atoms with Crippen molar-refractivity contribution in [2.75, 3.05) is 5.73 Å². The van der Waals surface area contributed by atoms with Crippen LogP contribution in [-0.4, -0.2) is 14.5 Å². The molecule has 92 valence electrons. The summed E-state index contributed by atoms with van der Waals surface area (Å²) in [6, 6.07) is 5.83. The van der Waals surface area contributed by atoms with Crippen molar-refractivity contribution in [2.45, 2.75) is 6.92 Å². The average Bonchev–Trinajstić information content (AvgIpc) is 2.78. The number of oxazole rings is 1. The predicted octanol–water partition coefficient (Wildman–Crippen LogP) is 2.88. The quantitative estimate of drug-likeness (QED) is 0.750. The second kappa shape index (κ2) is 3.84. The summed E-state index contributed by atoms with van der Waals surface area (Å²) in [4.78, 5) is 8.51. The molecule has 6 heteroatoms. The summed E-state index contributed by atoms with van der Waals surface area (Å²) >= 11 is 3.42. The van der Waals surface area contributed by atoms with Gasteiger partial charge in [0.1, 0.15) is 10.1 Å². The number of benzene rings is 1. The molecule has 0 atom stereocenters. The first-order chi connectivity index (χ1) is 8.56. The number of aryl methyl sites for hydroxylation is 1. The van der Waals surface area contributed by atoms with Gasteiger partial charge in [-0.05, 0) is 34.1 Å². The van der Waals surface area contributed by atoms with Crippen LogP contribution < -0.4 is 5.73 Å². The van der Waals surface area contributed by atoms with Gasteiger partial charge in [-0.2, -0.15) is 0 Å². The molecular weight excluding hydrogens is 296 g/mol. The molecule has 3 rings (SSSR count). The molecule has 18 heavy (non-hydrogen) atoms. The molecule has 0 unspecified atom stereocenters. The van der Waals surface area contributed by atoms with Gasteiger partial charge in [-0.1, -0.05) is 0 Å². The predicted molar refractivity (Wildman–Crippen MR) is 73.1 cm³/mol. The van der Waals surface area contributed by atoms with E-state index in [0.29, 0.717) is 11.8 Å². The number of halogens is 1. The molecule has 0 aliphatic carbocycles. The van der Waals surface area contributed by atoms with Crippen LogP contribution in [0.3, 0.4) is 0 Å². The second-order valence-electron chi connectivity index (χ2n) is 4.08. The van der Waals surface area contributed by atoms with Crippen molar-refractivity contribution in [3.05, 3.63) is 28.7 Å². The van der Waals surface area contributed by atoms with Crippen molar-refractivity contribution in [3.8, 4) is 11.3 Å². The zero-order chi connectivity index (χ0) is 12.9. The Hall–Kier alpha value is -1.82. The van der Waals surface area contributed by atoms with Crippen molar-refractivity contribution in [2.24, 2.45) is 7.05 Å². The standard InChI is InChI=1S/C12H11BrN4O/c1-6-15-8-5-7(3-4-9(8)18-6)10-11(13)16-12(14)17(10)2/h3-5H,1-2H3,(H2,14,16). The number of hydrogen-bond acceptors (Lipinski definition) is 4. The fraction of sp³-hybridized carbons (Fsp3) is 0.167. The van der Waals surface area contributed by atoms with Gasteiger partial charge < -0.3 is 14.7 Å². The summed E-state index contributed by atoms with van der Waals surface area (Å²) in [6.07, 6.45) is 0. The number of aromatic nitrogens is 3. The Morgan fingerprint density at radius 1 is 1.33 bits per heavy atom. The number of hydrogen-bond donors (Lipinski definition) is 1. The smallest absolute Gasteiger partial charge is 0.201 e. The third-order valence-corrected chi connectivity index (χ3v) is 3.41. The highest BCUT2D eigenvalue weighted by Crippen LogP contribution is 2.31. The van der Waals surface area contributed by atoms with Crippen LogP contribution in [0.25, 0.3) is 22.4 Å². The van der Waals surface area contributed by atoms with Crippen LogP contribution >= 0.6 is 15.9 Å². The van der Waals surface area contributed by atoms with Crippen LogP contribution in [0.1, 0.15) is 5.89 Å². The fourth-order valence-electron chi connectivity index (χ4n) is 1.98. The first-order valence-corrected chi connectivity index (χ1v) is 6.21. The highest BCUT2D eigenvalue weighted by atomic mass is 79.9. The number of nitrogens with two attached hydrogens (primary N) is 1. The number of nitrogens with zero attached hydrogens (tertiary/aromatic N) is 3. The molecule has 0 amide bonds. The molecule has 0 aliphatic rings. The molecule has 0 bridgehead atoms. The number of anilines is 1. The Morgan fingerprint density at radius 3 is 2.78 bits per heavy atom. The van der Waals surface area contributed by atoms with Crippen LogP contribution in [0.5, 0.6) is 0 Å². The first-order valence-electron chi connectivity index (χ1n) is 5.41. The van der Waals surface area contributed by atoms with Crippen LogP contribution in [-0.2, 0) is 7.05 Å². The van der Waals surface area contributed by atoms with Crippen LogP contribution in [0.4, 0.5) is 5.95 Å². The normalized spacial score (nSPS) is 11.3. The van der Waals surface area contributed by atoms with Gasteiger partial charge in [0.15, 0.2) is 11.5 Å². The Labute approximate surface area is 112 Å². The molecule has 5 nitrogen and oxygen atoms in total. The Balaban J connectivity index is 2.24. The second-order valence-corrected chi connectivity index (χ2v) is 4.83. The topological polar surface area (TPSA) is 69.9 Å². The molecule has 0 fully saturated rings. The van der Waals surface area contributed by atoms with Gasteiger partial charge >= 0.3 is 0 Å². The maximum absolute atomic E-state index is 5.78. The molecular formula is C12H11BrN4O. The molecule has 0 radical (unpaired) electrons. The largest absolute Gasteiger partial charge is 0.441 e. The van der Waals surface area contributed by atoms with Gasteiger partial charge in [0, 0.05) is 19.5 Å². The van der Waals surface area contributed by atoms with Crippen molar-refractivity contribution >= 4 is 33.0 Å². The summed E-state index contributed by atoms with van der Waals surface area (Å²) < 4.78 is 8.01. The lowest BCUT2D eigenvalue weighted by Gasteiger charge is -2.03. The van der Waals surface area contributed by atoms with E-state index in [0.717, 1.165) is 27.0 Å². The number of imidazole rings is 1. The minimum absolute atomic E-state index is 0.466. The highest BCUT2D eigenvalue weighted by Gasteiger charge is 2.14. The van der Waals surface area contributed by atoms with Crippen LogP contribution in [0.2, 0.25) is 0 Å². The molecule has 2 heterocycles. The lowest BCUT2D eigenvalue weighted by molar-refractivity contribution is 0.561. The summed E-state index contributed by atoms with van der Waals surface area (Å²) in [6.45, 7) is 1.83. The number of fused-ring (bicyclic) bond motifs is 1. The molecule has 2 N–H and O–H groups in total. The van der Waals surface area contributed by atoms with Crippen LogP contribution in [0.15, 0.2) is 27.2 Å². The van der Waals surface area contributed by atoms with E-state index in [4.69, 9.17) is 10.2 Å². The van der Waals surface area contributed by atoms with E-state index in [-0.39, 0.29) is 0 Å². The Kier molecular flexibility index (Phi) is 2.41. The third kappa shape index (κ3) is 1.60. The maximum atomic E-state index is 5.78. The van der Waals surface area contributed by atoms with E-state index in [2.05, 4.69) is 25.9 Å². The minimum atomic E-state index is 0.466. The van der Waals surface area contributed by atoms with Gasteiger partial charge in [0.05, 0.1) is 5.69 Å². The third-order valence-electron chi connectivity index (χ3n) is 2.86. The van der Waals surface area contributed by atoms with Gasteiger partial charge in [-0.25, -0.2) is 9.97 Å². The molecule has 3 aromatic rings. The van der Waals surface area contributed by atoms with Crippen LogP contribution in [0, 0.1) is 6.92 Å². The Morgan fingerprint density at radius 2 is 2.11 bits per heavy atom. The fourth-order valence-corrected chi connectivity index (χ4v) is 2.66. The lowest BCUT2D eigenvalue weighted by atomic mass is 10.1. The SMILES string of the molecule is Cc1nc2cc(-c3c(Br)nc(N)n3C)ccc2o1. The molecule has 0 saturated heterocycles. The van der Waals surface area contributed by atoms with Gasteiger partial charge in [-0.15, -0.1) is 0 Å². The van der Waals surface area contributed by atoms with Gasteiger partial charge in [-0.3, -0.25) is 0 Å². The molecule has 0 spiro atoms. The van der Waals surface area contributed by atoms with E-state index in [1.54, 1.807) is 0 Å². The molecule has 0 aliphatic heterocycles. The zero-order valence-corrected chi connectivity index (χ0v) is 11.5. The van der Waals surface area contributed by atoms with E-state index < -0.39 is 0 Å². The van der Waals surface area contributed by atoms with E-state index >= 15 is 0 Å².